The van der Waals surface area contributed by atoms with Gasteiger partial charge in [0, 0.05) is 5.56 Å². The number of ketones is 1. The summed E-state index contributed by atoms with van der Waals surface area (Å²) in [6, 6.07) is 13.1. The van der Waals surface area contributed by atoms with Crippen molar-refractivity contribution < 1.29 is 9.90 Å². The third kappa shape index (κ3) is 4.39. The number of nitriles is 1. The molecular weight excluding hydrogens is 334 g/mol. The van der Waals surface area contributed by atoms with Crippen LogP contribution in [0.5, 0.6) is 5.75 Å². The van der Waals surface area contributed by atoms with Crippen LogP contribution >= 0.6 is 0 Å². The van der Waals surface area contributed by atoms with Crippen LogP contribution in [0.4, 0.5) is 0 Å². The van der Waals surface area contributed by atoms with Crippen LogP contribution in [0, 0.1) is 18.3 Å². The molecule has 1 atom stereocenters. The Morgan fingerprint density at radius 3 is 1.78 bits per heavy atom. The van der Waals surface area contributed by atoms with Gasteiger partial charge in [-0.05, 0) is 46.6 Å². The highest BCUT2D eigenvalue weighted by atomic mass is 16.3. The van der Waals surface area contributed by atoms with Crippen LogP contribution in [0.3, 0.4) is 0 Å². The Balaban J connectivity index is 2.66. The smallest absolute Gasteiger partial charge is 0.184 e. The van der Waals surface area contributed by atoms with Crippen molar-refractivity contribution in [3.8, 4) is 11.8 Å². The number of nitrogens with zero attached hydrogens (tertiary/aromatic N) is 1. The molecule has 1 N–H and O–H groups in total. The number of hydrogen-bond donors (Lipinski definition) is 1. The van der Waals surface area contributed by atoms with Crippen LogP contribution in [-0.2, 0) is 10.8 Å². The van der Waals surface area contributed by atoms with E-state index in [0.717, 1.165) is 16.7 Å². The number of phenols is 1. The molecule has 0 radical (unpaired) electrons. The van der Waals surface area contributed by atoms with Crippen LogP contribution in [0.15, 0.2) is 36.4 Å². The molecule has 0 aliphatic rings. The van der Waals surface area contributed by atoms with E-state index in [1.807, 2.05) is 72.7 Å². The molecule has 2 aromatic rings. The highest BCUT2D eigenvalue weighted by Crippen LogP contribution is 2.41. The number of benzene rings is 2. The second-order valence-corrected chi connectivity index (χ2v) is 9.26. The van der Waals surface area contributed by atoms with Gasteiger partial charge in [-0.25, -0.2) is 0 Å². The molecule has 3 nitrogen and oxygen atoms in total. The maximum Gasteiger partial charge on any atom is 0.184 e. The SMILES string of the molecule is Cc1ccc(C(=O)C(C#N)c2cc(C(C)(C)C)c(O)c(C(C)(C)C)c2)cc1. The molecule has 2 aromatic carbocycles. The quantitative estimate of drug-likeness (QED) is 0.703. The predicted molar refractivity (Wildman–Crippen MR) is 109 cm³/mol. The van der Waals surface area contributed by atoms with Crippen molar-refractivity contribution in [2.24, 2.45) is 0 Å². The highest BCUT2D eigenvalue weighted by Gasteiger charge is 2.30. The van der Waals surface area contributed by atoms with E-state index in [0.29, 0.717) is 11.1 Å². The third-order valence-electron chi connectivity index (χ3n) is 4.81. The summed E-state index contributed by atoms with van der Waals surface area (Å²) in [6.45, 7) is 14.1. The Morgan fingerprint density at radius 1 is 0.963 bits per heavy atom. The van der Waals surface area contributed by atoms with Crippen molar-refractivity contribution in [3.05, 3.63) is 64.2 Å². The van der Waals surface area contributed by atoms with E-state index in [1.165, 1.54) is 0 Å². The first-order valence-corrected chi connectivity index (χ1v) is 9.24. The molecule has 0 fully saturated rings. The van der Waals surface area contributed by atoms with Gasteiger partial charge in [0.2, 0.25) is 0 Å². The lowest BCUT2D eigenvalue weighted by molar-refractivity contribution is 0.0978. The second kappa shape index (κ2) is 7.19. The summed E-state index contributed by atoms with van der Waals surface area (Å²) in [5, 5.41) is 20.6. The minimum atomic E-state index is -0.907. The van der Waals surface area contributed by atoms with Gasteiger partial charge < -0.3 is 5.11 Å². The lowest BCUT2D eigenvalue weighted by Crippen LogP contribution is -2.20. The van der Waals surface area contributed by atoms with E-state index in [2.05, 4.69) is 6.07 Å². The van der Waals surface area contributed by atoms with Crippen molar-refractivity contribution >= 4 is 5.78 Å². The van der Waals surface area contributed by atoms with Crippen molar-refractivity contribution in [2.45, 2.75) is 65.2 Å². The fraction of sp³-hybridized carbons (Fsp3) is 0.417. The van der Waals surface area contributed by atoms with Crippen molar-refractivity contribution in [2.75, 3.05) is 0 Å². The molecule has 0 spiro atoms. The van der Waals surface area contributed by atoms with Gasteiger partial charge in [-0.1, -0.05) is 71.4 Å². The number of rotatable bonds is 3. The lowest BCUT2D eigenvalue weighted by Gasteiger charge is -2.28. The second-order valence-electron chi connectivity index (χ2n) is 9.26. The largest absolute Gasteiger partial charge is 0.507 e. The van der Waals surface area contributed by atoms with Gasteiger partial charge in [-0.15, -0.1) is 0 Å². The van der Waals surface area contributed by atoms with Crippen LogP contribution in [0.25, 0.3) is 0 Å². The fourth-order valence-electron chi connectivity index (χ4n) is 3.14. The molecule has 0 heterocycles. The Labute approximate surface area is 162 Å². The molecule has 0 bridgehead atoms. The van der Waals surface area contributed by atoms with Gasteiger partial charge in [-0.3, -0.25) is 4.79 Å². The third-order valence-corrected chi connectivity index (χ3v) is 4.81. The number of carbonyl (C=O) groups is 1. The van der Waals surface area contributed by atoms with Crippen LogP contribution in [0.1, 0.15) is 80.1 Å². The number of aromatic hydroxyl groups is 1. The van der Waals surface area contributed by atoms with Crippen LogP contribution < -0.4 is 0 Å². The molecule has 0 amide bonds. The van der Waals surface area contributed by atoms with Crippen molar-refractivity contribution in [1.82, 2.24) is 0 Å². The number of hydrogen-bond acceptors (Lipinski definition) is 3. The zero-order chi connectivity index (χ0) is 20.6. The van der Waals surface area contributed by atoms with Crippen molar-refractivity contribution in [1.29, 1.82) is 5.26 Å². The Morgan fingerprint density at radius 2 is 1.41 bits per heavy atom. The number of phenolic OH excluding ortho intramolecular Hbond substituents is 1. The predicted octanol–water partition coefficient (Wildman–Crippen LogP) is 5.79. The van der Waals surface area contributed by atoms with Gasteiger partial charge in [0.05, 0.1) is 6.07 Å². The van der Waals surface area contributed by atoms with Crippen LogP contribution in [0.2, 0.25) is 0 Å². The Hall–Kier alpha value is -2.60. The lowest BCUT2D eigenvalue weighted by atomic mass is 9.76. The summed E-state index contributed by atoms with van der Waals surface area (Å²) < 4.78 is 0. The molecule has 1 unspecified atom stereocenters. The summed E-state index contributed by atoms with van der Waals surface area (Å²) >= 11 is 0. The van der Waals surface area contributed by atoms with Gasteiger partial charge in [0.25, 0.3) is 0 Å². The summed E-state index contributed by atoms with van der Waals surface area (Å²) in [5.74, 6) is -0.878. The zero-order valence-corrected chi connectivity index (χ0v) is 17.3. The molecular formula is C24H29NO2. The molecule has 0 aliphatic carbocycles. The van der Waals surface area contributed by atoms with Crippen LogP contribution in [-0.4, -0.2) is 10.9 Å². The van der Waals surface area contributed by atoms with E-state index in [1.54, 1.807) is 12.1 Å². The maximum atomic E-state index is 13.0. The van der Waals surface area contributed by atoms with Gasteiger partial charge in [0.1, 0.15) is 11.7 Å². The maximum absolute atomic E-state index is 13.0. The summed E-state index contributed by atoms with van der Waals surface area (Å²) in [5.41, 5.74) is 3.10. The minimum absolute atomic E-state index is 0.220. The average molecular weight is 364 g/mol. The molecule has 0 saturated carbocycles. The monoisotopic (exact) mass is 363 g/mol. The molecule has 3 heteroatoms. The zero-order valence-electron chi connectivity index (χ0n) is 17.3. The number of carbonyl (C=O) groups excluding carboxylic acids is 1. The minimum Gasteiger partial charge on any atom is -0.507 e. The molecule has 0 saturated heterocycles. The first-order valence-electron chi connectivity index (χ1n) is 9.24. The fourth-order valence-corrected chi connectivity index (χ4v) is 3.14. The Bertz CT molecular complexity index is 853. The molecule has 27 heavy (non-hydrogen) atoms. The first-order chi connectivity index (χ1) is 12.4. The highest BCUT2D eigenvalue weighted by molar-refractivity contribution is 6.02. The molecule has 0 aliphatic heterocycles. The first kappa shape index (κ1) is 20.7. The van der Waals surface area contributed by atoms with E-state index in [9.17, 15) is 15.2 Å². The summed E-state index contributed by atoms with van der Waals surface area (Å²) in [4.78, 5) is 13.0. The van der Waals surface area contributed by atoms with Crippen molar-refractivity contribution in [3.63, 3.8) is 0 Å². The summed E-state index contributed by atoms with van der Waals surface area (Å²) in [6.07, 6.45) is 0. The Kier molecular flexibility index (Phi) is 5.52. The van der Waals surface area contributed by atoms with E-state index in [4.69, 9.17) is 0 Å². The number of Topliss-reactive ketones (excluding diaryl/α,β-unsaturated/α-hetero) is 1. The normalized spacial score (nSPS) is 13.1. The van der Waals surface area contributed by atoms with Gasteiger partial charge in [-0.2, -0.15) is 5.26 Å². The van der Waals surface area contributed by atoms with E-state index >= 15 is 0 Å². The van der Waals surface area contributed by atoms with E-state index in [-0.39, 0.29) is 22.4 Å². The molecule has 2 rings (SSSR count). The molecule has 0 aromatic heterocycles. The average Bonchev–Trinajstić information content (AvgIpc) is 2.55. The number of aryl methyl sites for hydroxylation is 1. The standard InChI is InChI=1S/C24H29NO2/c1-15-8-10-16(11-9-15)21(26)18(14-25)17-12-19(23(2,3)4)22(27)20(13-17)24(5,6)7/h8-13,18,27H,1-7H3. The van der Waals surface area contributed by atoms with E-state index < -0.39 is 5.92 Å². The van der Waals surface area contributed by atoms with Gasteiger partial charge in [0.15, 0.2) is 5.78 Å². The topological polar surface area (TPSA) is 61.1 Å². The summed E-state index contributed by atoms with van der Waals surface area (Å²) in [7, 11) is 0. The molecule has 142 valence electrons. The van der Waals surface area contributed by atoms with Gasteiger partial charge >= 0.3 is 0 Å².